The molecule has 0 aromatic heterocycles. The van der Waals surface area contributed by atoms with Gasteiger partial charge in [0, 0.05) is 0 Å². The third-order valence-electron chi connectivity index (χ3n) is 3.60. The van der Waals surface area contributed by atoms with E-state index in [0.717, 1.165) is 12.0 Å². The van der Waals surface area contributed by atoms with E-state index in [1.807, 2.05) is 45.9 Å². The molecule has 4 nitrogen and oxygen atoms in total. The van der Waals surface area contributed by atoms with E-state index in [-0.39, 0.29) is 12.1 Å². The Hall–Kier alpha value is -1.71. The van der Waals surface area contributed by atoms with Gasteiger partial charge in [0.25, 0.3) is 0 Å². The van der Waals surface area contributed by atoms with E-state index in [1.165, 1.54) is 0 Å². The maximum atomic E-state index is 12.1. The van der Waals surface area contributed by atoms with Gasteiger partial charge < -0.3 is 14.2 Å². The van der Waals surface area contributed by atoms with Crippen LogP contribution in [0.15, 0.2) is 18.2 Å². The topological polar surface area (TPSA) is 44.8 Å². The normalized spacial score (nSPS) is 12.7. The quantitative estimate of drug-likeness (QED) is 0.745. The summed E-state index contributed by atoms with van der Waals surface area (Å²) in [6, 6.07) is 5.51. The van der Waals surface area contributed by atoms with Gasteiger partial charge in [-0.05, 0) is 44.9 Å². The van der Waals surface area contributed by atoms with Gasteiger partial charge in [0.05, 0.1) is 19.6 Å². The maximum absolute atomic E-state index is 12.1. The first-order chi connectivity index (χ1) is 9.35. The number of hydrogen-bond acceptors (Lipinski definition) is 4. The molecule has 1 rings (SSSR count). The third kappa shape index (κ3) is 3.65. The number of carbonyl (C=O) groups excluding carboxylic acids is 1. The summed E-state index contributed by atoms with van der Waals surface area (Å²) >= 11 is 0. The average Bonchev–Trinajstić information content (AvgIpc) is 2.46. The zero-order chi connectivity index (χ0) is 15.3. The second-order valence-electron chi connectivity index (χ2n) is 5.40. The summed E-state index contributed by atoms with van der Waals surface area (Å²) in [6.07, 6.45) is 0.415. The fourth-order valence-electron chi connectivity index (χ4n) is 1.64. The highest BCUT2D eigenvalue weighted by molar-refractivity contribution is 5.76. The van der Waals surface area contributed by atoms with Crippen molar-refractivity contribution >= 4 is 5.97 Å². The molecule has 0 saturated heterocycles. The first-order valence-corrected chi connectivity index (χ1v) is 6.78. The predicted octanol–water partition coefficient (Wildman–Crippen LogP) is 3.74. The van der Waals surface area contributed by atoms with E-state index in [1.54, 1.807) is 14.2 Å². The van der Waals surface area contributed by atoms with Crippen LogP contribution < -0.4 is 9.47 Å². The Kier molecular flexibility index (Phi) is 5.43. The van der Waals surface area contributed by atoms with Crippen molar-refractivity contribution in [3.05, 3.63) is 23.8 Å². The van der Waals surface area contributed by atoms with Gasteiger partial charge in [0.15, 0.2) is 11.5 Å². The van der Waals surface area contributed by atoms with Crippen molar-refractivity contribution in [2.45, 2.75) is 40.2 Å². The van der Waals surface area contributed by atoms with E-state index < -0.39 is 5.41 Å². The molecule has 1 aromatic carbocycles. The van der Waals surface area contributed by atoms with Crippen LogP contribution in [0.2, 0.25) is 0 Å². The van der Waals surface area contributed by atoms with E-state index >= 15 is 0 Å². The number of methoxy groups -OCH3 is 2. The van der Waals surface area contributed by atoms with Crippen molar-refractivity contribution in [1.82, 2.24) is 0 Å². The molecule has 112 valence electrons. The molecule has 1 atom stereocenters. The number of carbonyl (C=O) groups is 1. The fraction of sp³-hybridized carbons (Fsp3) is 0.562. The van der Waals surface area contributed by atoms with Crippen molar-refractivity contribution in [3.63, 3.8) is 0 Å². The summed E-state index contributed by atoms with van der Waals surface area (Å²) in [6.45, 7) is 7.60. The van der Waals surface area contributed by atoms with Crippen molar-refractivity contribution in [2.75, 3.05) is 14.2 Å². The van der Waals surface area contributed by atoms with Gasteiger partial charge in [-0.3, -0.25) is 4.79 Å². The fourth-order valence-corrected chi connectivity index (χ4v) is 1.64. The molecule has 1 aromatic rings. The highest BCUT2D eigenvalue weighted by Gasteiger charge is 2.29. The van der Waals surface area contributed by atoms with Crippen LogP contribution in [0.5, 0.6) is 11.5 Å². The van der Waals surface area contributed by atoms with Crippen LogP contribution >= 0.6 is 0 Å². The lowest BCUT2D eigenvalue weighted by molar-refractivity contribution is -0.159. The van der Waals surface area contributed by atoms with Gasteiger partial charge in [-0.15, -0.1) is 0 Å². The Morgan fingerprint density at radius 3 is 2.30 bits per heavy atom. The molecule has 4 heteroatoms. The van der Waals surface area contributed by atoms with Crippen LogP contribution in [0.25, 0.3) is 0 Å². The van der Waals surface area contributed by atoms with Crippen LogP contribution in [0.4, 0.5) is 0 Å². The smallest absolute Gasteiger partial charge is 0.312 e. The highest BCUT2D eigenvalue weighted by atomic mass is 16.5. The monoisotopic (exact) mass is 280 g/mol. The second-order valence-corrected chi connectivity index (χ2v) is 5.40. The van der Waals surface area contributed by atoms with E-state index in [0.29, 0.717) is 11.5 Å². The minimum atomic E-state index is -0.467. The molecule has 0 spiro atoms. The second kappa shape index (κ2) is 6.64. The van der Waals surface area contributed by atoms with Crippen molar-refractivity contribution in [1.29, 1.82) is 0 Å². The van der Waals surface area contributed by atoms with Crippen LogP contribution in [0.1, 0.15) is 45.8 Å². The van der Waals surface area contributed by atoms with E-state index in [4.69, 9.17) is 14.2 Å². The standard InChI is InChI=1S/C16H24O4/c1-7-16(3,4)15(17)20-11(2)12-8-9-13(18-5)14(10-12)19-6/h8-11H,7H2,1-6H3. The SMILES string of the molecule is CCC(C)(C)C(=O)OC(C)c1ccc(OC)c(OC)c1. The summed E-state index contributed by atoms with van der Waals surface area (Å²) in [4.78, 5) is 12.1. The Balaban J connectivity index is 2.88. The maximum Gasteiger partial charge on any atom is 0.312 e. The molecule has 0 heterocycles. The molecule has 0 aliphatic rings. The molecule has 0 aliphatic carbocycles. The highest BCUT2D eigenvalue weighted by Crippen LogP contribution is 2.32. The predicted molar refractivity (Wildman–Crippen MR) is 78.1 cm³/mol. The van der Waals surface area contributed by atoms with Gasteiger partial charge in [0.2, 0.25) is 0 Å². The average molecular weight is 280 g/mol. The number of esters is 1. The van der Waals surface area contributed by atoms with Gasteiger partial charge in [-0.2, -0.15) is 0 Å². The lowest BCUT2D eigenvalue weighted by Crippen LogP contribution is -2.26. The number of ether oxygens (including phenoxy) is 3. The van der Waals surface area contributed by atoms with E-state index in [2.05, 4.69) is 0 Å². The minimum absolute atomic E-state index is 0.192. The number of hydrogen-bond donors (Lipinski definition) is 0. The molecular formula is C16H24O4. The summed E-state index contributed by atoms with van der Waals surface area (Å²) in [5.41, 5.74) is 0.410. The summed E-state index contributed by atoms with van der Waals surface area (Å²) in [7, 11) is 3.17. The molecule has 0 radical (unpaired) electrons. The van der Waals surface area contributed by atoms with Gasteiger partial charge in [-0.1, -0.05) is 13.0 Å². The van der Waals surface area contributed by atoms with Gasteiger partial charge in [-0.25, -0.2) is 0 Å². The molecule has 0 saturated carbocycles. The Morgan fingerprint density at radius 1 is 1.20 bits per heavy atom. The Morgan fingerprint density at radius 2 is 1.80 bits per heavy atom. The zero-order valence-electron chi connectivity index (χ0n) is 13.1. The molecule has 0 fully saturated rings. The minimum Gasteiger partial charge on any atom is -0.493 e. The van der Waals surface area contributed by atoms with Crippen LogP contribution in [0, 0.1) is 5.41 Å². The Labute approximate surface area is 121 Å². The molecule has 20 heavy (non-hydrogen) atoms. The Bertz CT molecular complexity index is 466. The molecule has 0 bridgehead atoms. The van der Waals surface area contributed by atoms with Gasteiger partial charge in [0.1, 0.15) is 6.10 Å². The van der Waals surface area contributed by atoms with Crippen LogP contribution in [-0.2, 0) is 9.53 Å². The van der Waals surface area contributed by atoms with Crippen molar-refractivity contribution in [2.24, 2.45) is 5.41 Å². The molecule has 0 amide bonds. The van der Waals surface area contributed by atoms with E-state index in [9.17, 15) is 4.79 Å². The van der Waals surface area contributed by atoms with Crippen LogP contribution in [-0.4, -0.2) is 20.2 Å². The lowest BCUT2D eigenvalue weighted by Gasteiger charge is -2.24. The molecule has 0 aliphatic heterocycles. The molecular weight excluding hydrogens is 256 g/mol. The molecule has 1 unspecified atom stereocenters. The molecule has 0 N–H and O–H groups in total. The third-order valence-corrected chi connectivity index (χ3v) is 3.60. The summed E-state index contributed by atoms with van der Waals surface area (Å²) in [5, 5.41) is 0. The summed E-state index contributed by atoms with van der Waals surface area (Å²) < 4.78 is 16.0. The number of rotatable bonds is 6. The van der Waals surface area contributed by atoms with Crippen LogP contribution in [0.3, 0.4) is 0 Å². The first kappa shape index (κ1) is 16.3. The number of benzene rings is 1. The van der Waals surface area contributed by atoms with Gasteiger partial charge >= 0.3 is 5.97 Å². The lowest BCUT2D eigenvalue weighted by atomic mass is 9.90. The largest absolute Gasteiger partial charge is 0.493 e. The van der Waals surface area contributed by atoms with Crippen molar-refractivity contribution < 1.29 is 19.0 Å². The zero-order valence-corrected chi connectivity index (χ0v) is 13.1. The first-order valence-electron chi connectivity index (χ1n) is 6.78. The van der Waals surface area contributed by atoms with Crippen molar-refractivity contribution in [3.8, 4) is 11.5 Å². The summed E-state index contributed by atoms with van der Waals surface area (Å²) in [5.74, 6) is 1.09.